The van der Waals surface area contributed by atoms with Crippen molar-refractivity contribution >= 4 is 0 Å². The van der Waals surface area contributed by atoms with Crippen LogP contribution in [0.5, 0.6) is 0 Å². The van der Waals surface area contributed by atoms with Crippen LogP contribution < -0.4 is 0 Å². The van der Waals surface area contributed by atoms with E-state index < -0.39 is 0 Å². The molecule has 2 fully saturated rings. The number of hydrogen-bond acceptors (Lipinski definition) is 5. The Labute approximate surface area is 136 Å². The van der Waals surface area contributed by atoms with Crippen molar-refractivity contribution in [2.24, 2.45) is 0 Å². The molecule has 5 heteroatoms. The van der Waals surface area contributed by atoms with Crippen molar-refractivity contribution in [2.45, 2.75) is 44.2 Å². The fraction of sp³-hybridized carbons (Fsp3) is 0.556. The minimum Gasteiger partial charge on any atom is -0.366 e. The largest absolute Gasteiger partial charge is 0.366 e. The highest BCUT2D eigenvalue weighted by molar-refractivity contribution is 5.14. The molecule has 1 aliphatic heterocycles. The summed E-state index contributed by atoms with van der Waals surface area (Å²) in [6.45, 7) is 3.39. The predicted octanol–water partition coefficient (Wildman–Crippen LogP) is 3.30. The van der Waals surface area contributed by atoms with E-state index >= 15 is 0 Å². The summed E-state index contributed by atoms with van der Waals surface area (Å²) in [7, 11) is 0. The van der Waals surface area contributed by atoms with Crippen LogP contribution in [-0.2, 0) is 11.3 Å². The van der Waals surface area contributed by atoms with Crippen molar-refractivity contribution in [2.75, 3.05) is 19.7 Å². The molecular weight excluding hydrogens is 290 g/mol. The van der Waals surface area contributed by atoms with E-state index in [1.165, 1.54) is 31.2 Å². The number of morpholine rings is 1. The summed E-state index contributed by atoms with van der Waals surface area (Å²) in [6.07, 6.45) is 4.82. The monoisotopic (exact) mass is 313 g/mol. The number of nitrogens with zero attached hydrogens (tertiary/aromatic N) is 3. The Morgan fingerprint density at radius 3 is 2.78 bits per heavy atom. The molecule has 0 amide bonds. The molecule has 0 spiro atoms. The van der Waals surface area contributed by atoms with Crippen molar-refractivity contribution in [3.63, 3.8) is 0 Å². The maximum Gasteiger partial charge on any atom is 0.257 e. The fourth-order valence-electron chi connectivity index (χ4n) is 3.57. The minimum atomic E-state index is -0.102. The number of rotatable bonds is 4. The minimum absolute atomic E-state index is 0.102. The molecule has 4 rings (SSSR count). The summed E-state index contributed by atoms with van der Waals surface area (Å²) >= 11 is 0. The molecule has 0 N–H and O–H groups in total. The van der Waals surface area contributed by atoms with Crippen molar-refractivity contribution in [1.82, 2.24) is 15.0 Å². The third-order valence-corrected chi connectivity index (χ3v) is 4.85. The smallest absolute Gasteiger partial charge is 0.257 e. The van der Waals surface area contributed by atoms with E-state index in [4.69, 9.17) is 9.26 Å². The highest BCUT2D eigenvalue weighted by Gasteiger charge is 2.29. The maximum absolute atomic E-state index is 5.87. The fourth-order valence-corrected chi connectivity index (χ4v) is 3.57. The topological polar surface area (TPSA) is 51.4 Å². The molecule has 1 saturated heterocycles. The SMILES string of the molecule is c1ccc(CN2CCO[C@H](c3nc(C4CCCC4)no3)C2)cc1. The first-order chi connectivity index (χ1) is 11.4. The lowest BCUT2D eigenvalue weighted by Crippen LogP contribution is -2.37. The Hall–Kier alpha value is -1.72. The van der Waals surface area contributed by atoms with Gasteiger partial charge in [0.1, 0.15) is 6.10 Å². The van der Waals surface area contributed by atoms with Gasteiger partial charge in [-0.2, -0.15) is 4.98 Å². The zero-order valence-corrected chi connectivity index (χ0v) is 13.4. The van der Waals surface area contributed by atoms with Gasteiger partial charge in [-0.3, -0.25) is 4.90 Å². The maximum atomic E-state index is 5.87. The quantitative estimate of drug-likeness (QED) is 0.867. The number of hydrogen-bond donors (Lipinski definition) is 0. The summed E-state index contributed by atoms with van der Waals surface area (Å²) in [5, 5.41) is 4.20. The van der Waals surface area contributed by atoms with E-state index in [2.05, 4.69) is 45.4 Å². The van der Waals surface area contributed by atoms with Crippen LogP contribution in [0.4, 0.5) is 0 Å². The van der Waals surface area contributed by atoms with Gasteiger partial charge in [-0.15, -0.1) is 0 Å². The summed E-state index contributed by atoms with van der Waals surface area (Å²) in [5.74, 6) is 2.00. The van der Waals surface area contributed by atoms with Gasteiger partial charge in [0.05, 0.1) is 6.61 Å². The van der Waals surface area contributed by atoms with Gasteiger partial charge in [-0.1, -0.05) is 48.3 Å². The van der Waals surface area contributed by atoms with Gasteiger partial charge in [-0.05, 0) is 18.4 Å². The third kappa shape index (κ3) is 3.46. The van der Waals surface area contributed by atoms with Crippen LogP contribution in [-0.4, -0.2) is 34.7 Å². The van der Waals surface area contributed by atoms with Crippen molar-refractivity contribution in [1.29, 1.82) is 0 Å². The Bertz CT molecular complexity index is 622. The molecule has 2 aliphatic rings. The van der Waals surface area contributed by atoms with Crippen LogP contribution in [0.25, 0.3) is 0 Å². The zero-order valence-electron chi connectivity index (χ0n) is 13.4. The molecule has 2 heterocycles. The highest BCUT2D eigenvalue weighted by atomic mass is 16.5. The summed E-state index contributed by atoms with van der Waals surface area (Å²) in [4.78, 5) is 7.02. The van der Waals surface area contributed by atoms with Crippen molar-refractivity contribution in [3.05, 3.63) is 47.6 Å². The van der Waals surface area contributed by atoms with Gasteiger partial charge in [0.2, 0.25) is 0 Å². The number of ether oxygens (including phenoxy) is 1. The Balaban J connectivity index is 1.41. The highest BCUT2D eigenvalue weighted by Crippen LogP contribution is 2.33. The van der Waals surface area contributed by atoms with Crippen LogP contribution in [0.15, 0.2) is 34.9 Å². The second kappa shape index (κ2) is 6.81. The number of aromatic nitrogens is 2. The van der Waals surface area contributed by atoms with E-state index in [0.29, 0.717) is 18.4 Å². The molecule has 1 saturated carbocycles. The van der Waals surface area contributed by atoms with Gasteiger partial charge in [-0.25, -0.2) is 0 Å². The average molecular weight is 313 g/mol. The van der Waals surface area contributed by atoms with Gasteiger partial charge < -0.3 is 9.26 Å². The molecule has 2 aromatic rings. The van der Waals surface area contributed by atoms with E-state index in [1.54, 1.807) is 0 Å². The first kappa shape index (κ1) is 14.8. The second-order valence-corrected chi connectivity index (χ2v) is 6.55. The van der Waals surface area contributed by atoms with E-state index in [9.17, 15) is 0 Å². The van der Waals surface area contributed by atoms with Gasteiger partial charge in [0, 0.05) is 25.6 Å². The van der Waals surface area contributed by atoms with Crippen LogP contribution in [0.2, 0.25) is 0 Å². The zero-order chi connectivity index (χ0) is 15.5. The van der Waals surface area contributed by atoms with E-state index in [-0.39, 0.29) is 6.10 Å². The van der Waals surface area contributed by atoms with E-state index in [0.717, 1.165) is 25.5 Å². The molecular formula is C18H23N3O2. The lowest BCUT2D eigenvalue weighted by atomic mass is 10.1. The van der Waals surface area contributed by atoms with Gasteiger partial charge in [0.25, 0.3) is 5.89 Å². The molecule has 0 radical (unpaired) electrons. The number of benzene rings is 1. The molecule has 23 heavy (non-hydrogen) atoms. The first-order valence-electron chi connectivity index (χ1n) is 8.60. The standard InChI is InChI=1S/C18H23N3O2/c1-2-6-14(7-3-1)12-21-10-11-22-16(13-21)18-19-17(20-23-18)15-8-4-5-9-15/h1-3,6-7,15-16H,4-5,8-13H2/t16-/m0/s1. The Kier molecular flexibility index (Phi) is 4.39. The van der Waals surface area contributed by atoms with Crippen LogP contribution >= 0.6 is 0 Å². The first-order valence-corrected chi connectivity index (χ1v) is 8.60. The molecule has 1 aromatic heterocycles. The Morgan fingerprint density at radius 1 is 1.13 bits per heavy atom. The molecule has 1 aliphatic carbocycles. The summed E-state index contributed by atoms with van der Waals surface area (Å²) in [6, 6.07) is 10.5. The summed E-state index contributed by atoms with van der Waals surface area (Å²) in [5.41, 5.74) is 1.32. The molecule has 5 nitrogen and oxygen atoms in total. The average Bonchev–Trinajstić information content (AvgIpc) is 3.28. The molecule has 1 atom stereocenters. The molecule has 0 bridgehead atoms. The van der Waals surface area contributed by atoms with Crippen LogP contribution in [0.1, 0.15) is 55.0 Å². The molecule has 122 valence electrons. The lowest BCUT2D eigenvalue weighted by Gasteiger charge is -2.31. The second-order valence-electron chi connectivity index (χ2n) is 6.55. The van der Waals surface area contributed by atoms with Crippen molar-refractivity contribution in [3.8, 4) is 0 Å². The molecule has 0 unspecified atom stereocenters. The van der Waals surface area contributed by atoms with E-state index in [1.807, 2.05) is 0 Å². The van der Waals surface area contributed by atoms with Crippen molar-refractivity contribution < 1.29 is 9.26 Å². The lowest BCUT2D eigenvalue weighted by molar-refractivity contribution is -0.0475. The van der Waals surface area contributed by atoms with Crippen LogP contribution in [0.3, 0.4) is 0 Å². The van der Waals surface area contributed by atoms with Gasteiger partial charge in [0.15, 0.2) is 5.82 Å². The summed E-state index contributed by atoms with van der Waals surface area (Å²) < 4.78 is 11.4. The van der Waals surface area contributed by atoms with Crippen LogP contribution in [0, 0.1) is 0 Å². The molecule has 1 aromatic carbocycles. The van der Waals surface area contributed by atoms with Gasteiger partial charge >= 0.3 is 0 Å². The normalized spacial score (nSPS) is 23.4. The Morgan fingerprint density at radius 2 is 1.96 bits per heavy atom. The third-order valence-electron chi connectivity index (χ3n) is 4.85. The predicted molar refractivity (Wildman–Crippen MR) is 85.9 cm³/mol.